The van der Waals surface area contributed by atoms with Crippen molar-refractivity contribution in [2.24, 2.45) is 10.9 Å². The Morgan fingerprint density at radius 1 is 1.15 bits per heavy atom. The van der Waals surface area contributed by atoms with E-state index in [0.29, 0.717) is 23.0 Å². The highest BCUT2D eigenvalue weighted by Gasteiger charge is 2.26. The average Bonchev–Trinajstić information content (AvgIpc) is 2.98. The molecule has 1 aliphatic carbocycles. The average molecular weight is 577 g/mol. The van der Waals surface area contributed by atoms with Crippen LogP contribution >= 0.6 is 11.6 Å². The van der Waals surface area contributed by atoms with Gasteiger partial charge in [-0.1, -0.05) is 67.4 Å². The van der Waals surface area contributed by atoms with Crippen LogP contribution in [0.3, 0.4) is 0 Å². The SMILES string of the molecule is C/C=C/C(=O)N1CCC(CN[C@H]2CCC[C@@H](N/C3=N/C=C(Cl)\C(C(=C\CCC)\c4ccccc4C)=C/CC3)C2)CC1. The van der Waals surface area contributed by atoms with Gasteiger partial charge in [-0.15, -0.1) is 0 Å². The maximum Gasteiger partial charge on any atom is 0.246 e. The van der Waals surface area contributed by atoms with Gasteiger partial charge in [-0.2, -0.15) is 0 Å². The number of aliphatic imine (C=N–C) groups is 1. The van der Waals surface area contributed by atoms with Gasteiger partial charge in [0.2, 0.25) is 5.91 Å². The molecule has 222 valence electrons. The summed E-state index contributed by atoms with van der Waals surface area (Å²) in [5, 5.41) is 8.35. The second-order valence-corrected chi connectivity index (χ2v) is 12.2. The van der Waals surface area contributed by atoms with Crippen LogP contribution in [-0.4, -0.2) is 48.4 Å². The van der Waals surface area contributed by atoms with Gasteiger partial charge in [-0.05, 0) is 106 Å². The molecule has 2 aliphatic heterocycles. The molecule has 0 aromatic heterocycles. The number of halogens is 1. The van der Waals surface area contributed by atoms with Crippen LogP contribution in [0.1, 0.15) is 89.2 Å². The van der Waals surface area contributed by atoms with Crippen LogP contribution in [0.15, 0.2) is 70.4 Å². The zero-order valence-electron chi connectivity index (χ0n) is 25.3. The quantitative estimate of drug-likeness (QED) is 0.296. The van der Waals surface area contributed by atoms with Gasteiger partial charge in [0.05, 0.1) is 5.03 Å². The molecule has 4 rings (SSSR count). The number of rotatable bonds is 9. The Kier molecular flexibility index (Phi) is 12.3. The number of likely N-dealkylation sites (tertiary alicyclic amines) is 1. The number of benzene rings is 1. The highest BCUT2D eigenvalue weighted by Crippen LogP contribution is 2.34. The minimum absolute atomic E-state index is 0.153. The fourth-order valence-electron chi connectivity index (χ4n) is 6.28. The number of piperidine rings is 1. The van der Waals surface area contributed by atoms with Gasteiger partial charge in [0, 0.05) is 37.8 Å². The lowest BCUT2D eigenvalue weighted by atomic mass is 9.89. The molecule has 3 aliphatic rings. The van der Waals surface area contributed by atoms with Crippen molar-refractivity contribution in [3.05, 3.63) is 76.5 Å². The molecule has 2 fully saturated rings. The third-order valence-electron chi connectivity index (χ3n) is 8.66. The third kappa shape index (κ3) is 9.18. The van der Waals surface area contributed by atoms with Crippen molar-refractivity contribution in [1.82, 2.24) is 15.5 Å². The summed E-state index contributed by atoms with van der Waals surface area (Å²) in [6, 6.07) is 9.52. The summed E-state index contributed by atoms with van der Waals surface area (Å²) in [5.74, 6) is 1.84. The van der Waals surface area contributed by atoms with Gasteiger partial charge in [0.1, 0.15) is 5.84 Å². The predicted octanol–water partition coefficient (Wildman–Crippen LogP) is 7.68. The highest BCUT2D eigenvalue weighted by molar-refractivity contribution is 6.33. The number of allylic oxidation sites excluding steroid dienone is 6. The van der Waals surface area contributed by atoms with E-state index in [2.05, 4.69) is 60.9 Å². The third-order valence-corrected chi connectivity index (χ3v) is 8.96. The summed E-state index contributed by atoms with van der Waals surface area (Å²) in [5.41, 5.74) is 4.82. The van der Waals surface area contributed by atoms with Crippen LogP contribution in [0.5, 0.6) is 0 Å². The van der Waals surface area contributed by atoms with Crippen LogP contribution < -0.4 is 10.6 Å². The number of unbranched alkanes of at least 4 members (excludes halogenated alkanes) is 1. The van der Waals surface area contributed by atoms with E-state index in [1.165, 1.54) is 36.0 Å². The molecule has 1 amide bonds. The summed E-state index contributed by atoms with van der Waals surface area (Å²) in [6.45, 7) is 9.07. The molecule has 1 aromatic carbocycles. The molecular weight excluding hydrogens is 528 g/mol. The molecule has 41 heavy (non-hydrogen) atoms. The zero-order chi connectivity index (χ0) is 29.0. The van der Waals surface area contributed by atoms with E-state index in [-0.39, 0.29) is 5.91 Å². The van der Waals surface area contributed by atoms with Crippen LogP contribution in [0.2, 0.25) is 0 Å². The number of carbonyl (C=O) groups excluding carboxylic acids is 1. The second kappa shape index (κ2) is 16.1. The van der Waals surface area contributed by atoms with Crippen molar-refractivity contribution in [3.63, 3.8) is 0 Å². The van der Waals surface area contributed by atoms with E-state index >= 15 is 0 Å². The number of hydrogen-bond acceptors (Lipinski definition) is 4. The standard InChI is InChI=1S/C35H49ClN4O/c1-4-6-15-31(30-16-8-7-12-26(30)3)32-17-10-18-34(38-25-33(32)36)39-29-14-9-13-28(23-29)37-24-27-19-21-40(22-20-27)35(41)11-5-2/h5,7-8,11-12,15-17,25,27-29,37H,4,6,9-10,13-14,18-24H2,1-3H3,(H,38,39)/b11-5+,31-15+,32-17-,33-25+/t28-,29+/m0/s1. The number of nitrogens with zero attached hydrogens (tertiary/aromatic N) is 2. The van der Waals surface area contributed by atoms with Crippen molar-refractivity contribution in [2.45, 2.75) is 97.1 Å². The van der Waals surface area contributed by atoms with E-state index in [1.54, 1.807) is 6.08 Å². The van der Waals surface area contributed by atoms with Crippen molar-refractivity contribution in [2.75, 3.05) is 19.6 Å². The molecule has 0 unspecified atom stereocenters. The van der Waals surface area contributed by atoms with Gasteiger partial charge in [0.15, 0.2) is 0 Å². The van der Waals surface area contributed by atoms with Crippen molar-refractivity contribution in [3.8, 4) is 0 Å². The van der Waals surface area contributed by atoms with Gasteiger partial charge in [-0.25, -0.2) is 4.99 Å². The molecule has 2 atom stereocenters. The Labute approximate surface area is 252 Å². The molecule has 5 nitrogen and oxygen atoms in total. The van der Waals surface area contributed by atoms with Crippen molar-refractivity contribution in [1.29, 1.82) is 0 Å². The number of nitrogens with one attached hydrogen (secondary N) is 2. The summed E-state index contributed by atoms with van der Waals surface area (Å²) < 4.78 is 0. The molecular formula is C35H49ClN4O. The summed E-state index contributed by atoms with van der Waals surface area (Å²) in [7, 11) is 0. The van der Waals surface area contributed by atoms with Crippen LogP contribution in [-0.2, 0) is 4.79 Å². The molecule has 1 saturated carbocycles. The Hall–Kier alpha value is -2.63. The fourth-order valence-corrected chi connectivity index (χ4v) is 6.50. The maximum absolute atomic E-state index is 12.1. The summed E-state index contributed by atoms with van der Waals surface area (Å²) in [6.07, 6.45) is 20.8. The monoisotopic (exact) mass is 576 g/mol. The van der Waals surface area contributed by atoms with E-state index in [1.807, 2.05) is 24.1 Å². The predicted molar refractivity (Wildman–Crippen MR) is 174 cm³/mol. The smallest absolute Gasteiger partial charge is 0.246 e. The number of amidine groups is 1. The Bertz CT molecular complexity index is 1170. The van der Waals surface area contributed by atoms with Crippen LogP contribution in [0.4, 0.5) is 0 Å². The second-order valence-electron chi connectivity index (χ2n) is 11.8. The normalized spacial score (nSPS) is 26.8. The van der Waals surface area contributed by atoms with Crippen LogP contribution in [0.25, 0.3) is 5.57 Å². The van der Waals surface area contributed by atoms with Gasteiger partial charge >= 0.3 is 0 Å². The maximum atomic E-state index is 12.1. The van der Waals surface area contributed by atoms with Crippen molar-refractivity contribution >= 4 is 28.9 Å². The van der Waals surface area contributed by atoms with E-state index < -0.39 is 0 Å². The minimum Gasteiger partial charge on any atom is -0.371 e. The Morgan fingerprint density at radius 2 is 1.93 bits per heavy atom. The lowest BCUT2D eigenvalue weighted by Gasteiger charge is -2.35. The van der Waals surface area contributed by atoms with Gasteiger partial charge in [-0.3, -0.25) is 4.79 Å². The molecule has 2 heterocycles. The lowest BCUT2D eigenvalue weighted by molar-refractivity contribution is -0.127. The Balaban J connectivity index is 1.31. The summed E-state index contributed by atoms with van der Waals surface area (Å²) >= 11 is 6.91. The largest absolute Gasteiger partial charge is 0.371 e. The van der Waals surface area contributed by atoms with Gasteiger partial charge in [0.25, 0.3) is 0 Å². The fraction of sp³-hybridized carbons (Fsp3) is 0.543. The van der Waals surface area contributed by atoms with Gasteiger partial charge < -0.3 is 15.5 Å². The molecule has 1 aromatic rings. The van der Waals surface area contributed by atoms with Crippen molar-refractivity contribution < 1.29 is 4.79 Å². The minimum atomic E-state index is 0.153. The number of hydrogen-bond donors (Lipinski definition) is 2. The first-order valence-electron chi connectivity index (χ1n) is 15.8. The number of aryl methyl sites for hydroxylation is 1. The molecule has 6 heteroatoms. The molecule has 0 radical (unpaired) electrons. The topological polar surface area (TPSA) is 56.7 Å². The zero-order valence-corrected chi connectivity index (χ0v) is 26.1. The van der Waals surface area contributed by atoms with E-state index in [4.69, 9.17) is 16.6 Å². The summed E-state index contributed by atoms with van der Waals surface area (Å²) in [4.78, 5) is 18.9. The molecule has 0 bridgehead atoms. The molecule has 2 N–H and O–H groups in total. The van der Waals surface area contributed by atoms with Crippen LogP contribution in [0, 0.1) is 12.8 Å². The molecule has 0 spiro atoms. The number of carbonyl (C=O) groups is 1. The van der Waals surface area contributed by atoms with E-state index in [9.17, 15) is 4.79 Å². The first-order chi connectivity index (χ1) is 20.0. The lowest BCUT2D eigenvalue weighted by Crippen LogP contribution is -2.46. The molecule has 1 saturated heterocycles. The first kappa shape index (κ1) is 31.3. The first-order valence-corrected chi connectivity index (χ1v) is 16.2. The van der Waals surface area contributed by atoms with E-state index in [0.717, 1.165) is 76.0 Å². The number of amides is 1. The Morgan fingerprint density at radius 3 is 2.68 bits per heavy atom. The highest BCUT2D eigenvalue weighted by atomic mass is 35.5.